The smallest absolute Gasteiger partial charge is 0.264 e. The topological polar surface area (TPSA) is 72.2 Å². The number of thiophene rings is 1. The fourth-order valence-electron chi connectivity index (χ4n) is 1.33. The maximum atomic E-state index is 13.9. The molecule has 0 fully saturated rings. The van der Waals surface area contributed by atoms with Gasteiger partial charge in [0.25, 0.3) is 10.0 Å². The highest BCUT2D eigenvalue weighted by molar-refractivity contribution is 9.10. The molecule has 0 amide bonds. The molecule has 0 aliphatic rings. The molecule has 4 nitrogen and oxygen atoms in total. The number of nitrogens with two attached hydrogens (primary N) is 1. The average Bonchev–Trinajstić information content (AvgIpc) is 2.83. The van der Waals surface area contributed by atoms with Gasteiger partial charge in [-0.3, -0.25) is 4.72 Å². The fourth-order valence-corrected chi connectivity index (χ4v) is 3.72. The van der Waals surface area contributed by atoms with Crippen molar-refractivity contribution in [2.24, 2.45) is 0 Å². The van der Waals surface area contributed by atoms with Crippen LogP contribution in [0.2, 0.25) is 5.02 Å². The second-order valence-electron chi connectivity index (χ2n) is 3.52. The molecule has 2 aromatic rings. The molecule has 0 spiro atoms. The van der Waals surface area contributed by atoms with E-state index in [-0.39, 0.29) is 15.2 Å². The van der Waals surface area contributed by atoms with Crippen LogP contribution < -0.4 is 10.5 Å². The Morgan fingerprint density at radius 1 is 1.47 bits per heavy atom. The van der Waals surface area contributed by atoms with Crippen LogP contribution in [0.1, 0.15) is 0 Å². The average molecular weight is 386 g/mol. The van der Waals surface area contributed by atoms with Gasteiger partial charge in [-0.2, -0.15) is 11.3 Å². The molecule has 0 aliphatic carbocycles. The normalized spacial score (nSPS) is 11.5. The van der Waals surface area contributed by atoms with E-state index in [0.717, 1.165) is 6.07 Å². The van der Waals surface area contributed by atoms with E-state index in [0.29, 0.717) is 5.69 Å². The van der Waals surface area contributed by atoms with Crippen LogP contribution >= 0.6 is 38.9 Å². The minimum Gasteiger partial charge on any atom is -0.395 e. The SMILES string of the molecule is Nc1c(F)c(S(=O)(=O)Nc2ccsc2)cc(Cl)c1Br. The van der Waals surface area contributed by atoms with Crippen molar-refractivity contribution in [3.05, 3.63) is 38.2 Å². The lowest BCUT2D eigenvalue weighted by atomic mass is 10.3. The molecule has 0 bridgehead atoms. The van der Waals surface area contributed by atoms with Crippen LogP contribution in [0, 0.1) is 5.82 Å². The molecule has 0 unspecified atom stereocenters. The molecule has 0 aliphatic heterocycles. The van der Waals surface area contributed by atoms with E-state index in [2.05, 4.69) is 20.7 Å². The van der Waals surface area contributed by atoms with E-state index >= 15 is 0 Å². The quantitative estimate of drug-likeness (QED) is 0.625. The van der Waals surface area contributed by atoms with E-state index in [4.69, 9.17) is 17.3 Å². The first-order chi connectivity index (χ1) is 8.83. The van der Waals surface area contributed by atoms with Gasteiger partial charge in [-0.05, 0) is 33.4 Å². The van der Waals surface area contributed by atoms with Gasteiger partial charge in [0, 0.05) is 5.38 Å². The molecule has 9 heteroatoms. The highest BCUT2D eigenvalue weighted by Gasteiger charge is 2.24. The Morgan fingerprint density at radius 2 is 2.16 bits per heavy atom. The standard InChI is InChI=1S/C10H7BrClFN2O2S2/c11-8-6(12)3-7(9(13)10(8)14)19(16,17)15-5-1-2-18-4-5/h1-4,15H,14H2. The fraction of sp³-hybridized carbons (Fsp3) is 0. The van der Waals surface area contributed by atoms with Crippen LogP contribution in [0.4, 0.5) is 15.8 Å². The Labute approximate surface area is 126 Å². The van der Waals surface area contributed by atoms with Crippen molar-refractivity contribution < 1.29 is 12.8 Å². The number of nitrogens with one attached hydrogen (secondary N) is 1. The Balaban J connectivity index is 2.52. The Morgan fingerprint density at radius 3 is 2.74 bits per heavy atom. The van der Waals surface area contributed by atoms with Crippen molar-refractivity contribution in [1.29, 1.82) is 0 Å². The molecular formula is C10H7BrClFN2O2S2. The maximum absolute atomic E-state index is 13.9. The zero-order chi connectivity index (χ0) is 14.2. The molecule has 1 aromatic heterocycles. The molecule has 2 rings (SSSR count). The summed E-state index contributed by atoms with van der Waals surface area (Å²) in [5.41, 5.74) is 5.46. The second-order valence-corrected chi connectivity index (χ2v) is 7.15. The summed E-state index contributed by atoms with van der Waals surface area (Å²) in [7, 11) is -4.08. The maximum Gasteiger partial charge on any atom is 0.264 e. The Bertz CT molecular complexity index is 720. The van der Waals surface area contributed by atoms with Crippen molar-refractivity contribution >= 4 is 60.3 Å². The number of benzene rings is 1. The number of halogens is 3. The minimum atomic E-state index is -4.08. The molecule has 0 saturated heterocycles. The number of hydrogen-bond acceptors (Lipinski definition) is 4. The van der Waals surface area contributed by atoms with E-state index in [1.165, 1.54) is 11.3 Å². The zero-order valence-electron chi connectivity index (χ0n) is 9.15. The van der Waals surface area contributed by atoms with Crippen molar-refractivity contribution in [3.8, 4) is 0 Å². The molecule has 19 heavy (non-hydrogen) atoms. The van der Waals surface area contributed by atoms with Gasteiger partial charge in [-0.15, -0.1) is 0 Å². The highest BCUT2D eigenvalue weighted by Crippen LogP contribution is 2.35. The number of nitrogen functional groups attached to an aromatic ring is 1. The molecule has 102 valence electrons. The predicted molar refractivity (Wildman–Crippen MR) is 78.6 cm³/mol. The summed E-state index contributed by atoms with van der Waals surface area (Å²) >= 11 is 10.1. The summed E-state index contributed by atoms with van der Waals surface area (Å²) < 4.78 is 40.4. The van der Waals surface area contributed by atoms with E-state index in [1.54, 1.807) is 16.8 Å². The number of rotatable bonds is 3. The molecule has 1 heterocycles. The van der Waals surface area contributed by atoms with E-state index < -0.39 is 20.7 Å². The highest BCUT2D eigenvalue weighted by atomic mass is 79.9. The molecule has 0 saturated carbocycles. The molecule has 0 radical (unpaired) electrons. The summed E-state index contributed by atoms with van der Waals surface area (Å²) in [6.45, 7) is 0. The van der Waals surface area contributed by atoms with Gasteiger partial charge in [-0.1, -0.05) is 11.6 Å². The van der Waals surface area contributed by atoms with Gasteiger partial charge in [0.15, 0.2) is 5.82 Å². The summed E-state index contributed by atoms with van der Waals surface area (Å²) in [5, 5.41) is 3.29. The first kappa shape index (κ1) is 14.6. The van der Waals surface area contributed by atoms with Crippen LogP contribution in [-0.2, 0) is 10.0 Å². The first-order valence-electron chi connectivity index (χ1n) is 4.81. The lowest BCUT2D eigenvalue weighted by molar-refractivity contribution is 0.572. The number of sulfonamides is 1. The lowest BCUT2D eigenvalue weighted by Gasteiger charge is -2.11. The third-order valence-corrected chi connectivity index (χ3v) is 5.66. The third-order valence-electron chi connectivity index (χ3n) is 2.22. The lowest BCUT2D eigenvalue weighted by Crippen LogP contribution is -2.15. The molecular weight excluding hydrogens is 379 g/mol. The van der Waals surface area contributed by atoms with Gasteiger partial charge in [0.1, 0.15) is 4.90 Å². The molecule has 0 atom stereocenters. The Hall–Kier alpha value is -0.830. The summed E-state index contributed by atoms with van der Waals surface area (Å²) in [5.74, 6) is -1.04. The Kier molecular flexibility index (Phi) is 4.05. The van der Waals surface area contributed by atoms with Gasteiger partial charge in [-0.25, -0.2) is 12.8 Å². The second kappa shape index (κ2) is 5.28. The van der Waals surface area contributed by atoms with Crippen molar-refractivity contribution in [1.82, 2.24) is 0 Å². The van der Waals surface area contributed by atoms with Crippen molar-refractivity contribution in [2.45, 2.75) is 4.90 Å². The summed E-state index contributed by atoms with van der Waals surface area (Å²) in [6.07, 6.45) is 0. The minimum absolute atomic E-state index is 0.0181. The van der Waals surface area contributed by atoms with E-state index in [9.17, 15) is 12.8 Å². The third kappa shape index (κ3) is 2.86. The van der Waals surface area contributed by atoms with Crippen LogP contribution in [-0.4, -0.2) is 8.42 Å². The monoisotopic (exact) mass is 384 g/mol. The molecule has 1 aromatic carbocycles. The van der Waals surface area contributed by atoms with Crippen LogP contribution in [0.3, 0.4) is 0 Å². The van der Waals surface area contributed by atoms with Crippen molar-refractivity contribution in [3.63, 3.8) is 0 Å². The number of anilines is 2. The van der Waals surface area contributed by atoms with Crippen LogP contribution in [0.25, 0.3) is 0 Å². The summed E-state index contributed by atoms with van der Waals surface area (Å²) in [6, 6.07) is 2.57. The van der Waals surface area contributed by atoms with Crippen LogP contribution in [0.5, 0.6) is 0 Å². The van der Waals surface area contributed by atoms with Gasteiger partial charge < -0.3 is 5.73 Å². The molecule has 3 N–H and O–H groups in total. The first-order valence-corrected chi connectivity index (χ1v) is 8.40. The van der Waals surface area contributed by atoms with Gasteiger partial charge in [0.05, 0.1) is 20.9 Å². The van der Waals surface area contributed by atoms with Gasteiger partial charge in [0.2, 0.25) is 0 Å². The number of hydrogen-bond donors (Lipinski definition) is 2. The van der Waals surface area contributed by atoms with Crippen molar-refractivity contribution in [2.75, 3.05) is 10.5 Å². The zero-order valence-corrected chi connectivity index (χ0v) is 13.1. The van der Waals surface area contributed by atoms with Gasteiger partial charge >= 0.3 is 0 Å². The van der Waals surface area contributed by atoms with E-state index in [1.807, 2.05) is 0 Å². The summed E-state index contributed by atoms with van der Waals surface area (Å²) in [4.78, 5) is -0.593. The largest absolute Gasteiger partial charge is 0.395 e. The van der Waals surface area contributed by atoms with Crippen LogP contribution in [0.15, 0.2) is 32.3 Å². The predicted octanol–water partition coefficient (Wildman–Crippen LogP) is 3.69.